The normalized spacial score (nSPS) is 10.8. The van der Waals surface area contributed by atoms with Gasteiger partial charge in [0.1, 0.15) is 5.69 Å². The molecule has 2 rings (SSSR count). The standard InChI is InChI=1S/C15H18N2O/c1-4-7-16-15(18)14-9-12-6-5-11(10(2)3)8-13(12)17-14/h4-6,8-10,17H,1,7H2,2-3H3,(H,16,18). The van der Waals surface area contributed by atoms with Crippen molar-refractivity contribution in [1.82, 2.24) is 10.3 Å². The minimum absolute atomic E-state index is 0.0998. The van der Waals surface area contributed by atoms with E-state index in [0.29, 0.717) is 18.2 Å². The Bertz CT molecular complexity index is 581. The Hall–Kier alpha value is -2.03. The summed E-state index contributed by atoms with van der Waals surface area (Å²) in [5.41, 5.74) is 2.86. The minimum atomic E-state index is -0.0998. The summed E-state index contributed by atoms with van der Waals surface area (Å²) >= 11 is 0. The highest BCUT2D eigenvalue weighted by molar-refractivity contribution is 5.98. The lowest BCUT2D eigenvalue weighted by molar-refractivity contribution is 0.0954. The molecule has 2 aromatic rings. The minimum Gasteiger partial charge on any atom is -0.351 e. The maximum Gasteiger partial charge on any atom is 0.267 e. The van der Waals surface area contributed by atoms with Gasteiger partial charge >= 0.3 is 0 Å². The van der Waals surface area contributed by atoms with Crippen LogP contribution in [0.2, 0.25) is 0 Å². The summed E-state index contributed by atoms with van der Waals surface area (Å²) in [5, 5.41) is 3.82. The molecule has 0 radical (unpaired) electrons. The zero-order chi connectivity index (χ0) is 13.1. The first-order valence-corrected chi connectivity index (χ1v) is 6.13. The molecule has 0 saturated carbocycles. The van der Waals surface area contributed by atoms with Crippen LogP contribution < -0.4 is 5.32 Å². The van der Waals surface area contributed by atoms with Gasteiger partial charge in [0.2, 0.25) is 0 Å². The van der Waals surface area contributed by atoms with Crippen LogP contribution in [0.25, 0.3) is 10.9 Å². The average Bonchev–Trinajstić information content (AvgIpc) is 2.78. The fourth-order valence-electron chi connectivity index (χ4n) is 1.89. The zero-order valence-corrected chi connectivity index (χ0v) is 10.8. The molecule has 3 heteroatoms. The van der Waals surface area contributed by atoms with Gasteiger partial charge in [-0.2, -0.15) is 0 Å². The van der Waals surface area contributed by atoms with Crippen molar-refractivity contribution in [2.75, 3.05) is 6.54 Å². The number of benzene rings is 1. The van der Waals surface area contributed by atoms with Crippen LogP contribution >= 0.6 is 0 Å². The van der Waals surface area contributed by atoms with Gasteiger partial charge in [-0.25, -0.2) is 0 Å². The molecule has 0 unspecified atom stereocenters. The fraction of sp³-hybridized carbons (Fsp3) is 0.267. The van der Waals surface area contributed by atoms with Crippen molar-refractivity contribution < 1.29 is 4.79 Å². The number of rotatable bonds is 4. The summed E-state index contributed by atoms with van der Waals surface area (Å²) in [4.78, 5) is 15.0. The highest BCUT2D eigenvalue weighted by Gasteiger charge is 2.09. The molecular weight excluding hydrogens is 224 g/mol. The van der Waals surface area contributed by atoms with Crippen molar-refractivity contribution in [2.24, 2.45) is 0 Å². The van der Waals surface area contributed by atoms with Crippen molar-refractivity contribution in [3.8, 4) is 0 Å². The fourth-order valence-corrected chi connectivity index (χ4v) is 1.89. The third-order valence-electron chi connectivity index (χ3n) is 2.96. The van der Waals surface area contributed by atoms with E-state index in [4.69, 9.17) is 0 Å². The SMILES string of the molecule is C=CCNC(=O)c1cc2ccc(C(C)C)cc2[nH]1. The molecule has 1 amide bonds. The van der Waals surface area contributed by atoms with E-state index in [1.807, 2.05) is 12.1 Å². The lowest BCUT2D eigenvalue weighted by atomic mass is 10.0. The molecule has 2 N–H and O–H groups in total. The van der Waals surface area contributed by atoms with Gasteiger partial charge in [0.05, 0.1) is 0 Å². The molecule has 0 aliphatic rings. The van der Waals surface area contributed by atoms with E-state index in [9.17, 15) is 4.79 Å². The summed E-state index contributed by atoms with van der Waals surface area (Å²) in [5.74, 6) is 0.382. The Labute approximate surface area is 107 Å². The summed E-state index contributed by atoms with van der Waals surface area (Å²) in [6, 6.07) is 8.12. The number of fused-ring (bicyclic) bond motifs is 1. The second-order valence-corrected chi connectivity index (χ2v) is 4.68. The monoisotopic (exact) mass is 242 g/mol. The van der Waals surface area contributed by atoms with Crippen LogP contribution in [0.4, 0.5) is 0 Å². The van der Waals surface area contributed by atoms with Crippen molar-refractivity contribution in [1.29, 1.82) is 0 Å². The number of hydrogen-bond donors (Lipinski definition) is 2. The Morgan fingerprint density at radius 2 is 2.22 bits per heavy atom. The first-order chi connectivity index (χ1) is 8.61. The molecule has 0 aliphatic carbocycles. The van der Waals surface area contributed by atoms with Gasteiger partial charge in [0.25, 0.3) is 5.91 Å². The van der Waals surface area contributed by atoms with Crippen LogP contribution in [0.15, 0.2) is 36.9 Å². The van der Waals surface area contributed by atoms with Crippen LogP contribution in [0.3, 0.4) is 0 Å². The van der Waals surface area contributed by atoms with Gasteiger partial charge in [-0.1, -0.05) is 32.1 Å². The van der Waals surface area contributed by atoms with Gasteiger partial charge in [0.15, 0.2) is 0 Å². The predicted octanol–water partition coefficient (Wildman–Crippen LogP) is 3.21. The predicted molar refractivity (Wildman–Crippen MR) is 74.9 cm³/mol. The van der Waals surface area contributed by atoms with Crippen molar-refractivity contribution in [2.45, 2.75) is 19.8 Å². The molecule has 0 atom stereocenters. The zero-order valence-electron chi connectivity index (χ0n) is 10.8. The number of carbonyl (C=O) groups is 1. The quantitative estimate of drug-likeness (QED) is 0.794. The lowest BCUT2D eigenvalue weighted by Gasteiger charge is -2.04. The second kappa shape index (κ2) is 5.08. The van der Waals surface area contributed by atoms with Gasteiger partial charge in [0, 0.05) is 17.4 Å². The van der Waals surface area contributed by atoms with Crippen molar-refractivity contribution in [3.05, 3.63) is 48.2 Å². The Kier molecular flexibility index (Phi) is 3.51. The van der Waals surface area contributed by atoms with E-state index in [2.05, 4.69) is 42.9 Å². The molecule has 1 aromatic carbocycles. The molecule has 18 heavy (non-hydrogen) atoms. The van der Waals surface area contributed by atoms with Crippen LogP contribution in [-0.2, 0) is 0 Å². The smallest absolute Gasteiger partial charge is 0.267 e. The first kappa shape index (κ1) is 12.4. The number of hydrogen-bond acceptors (Lipinski definition) is 1. The average molecular weight is 242 g/mol. The summed E-state index contributed by atoms with van der Waals surface area (Å²) in [7, 11) is 0. The highest BCUT2D eigenvalue weighted by atomic mass is 16.1. The van der Waals surface area contributed by atoms with Crippen LogP contribution in [0.1, 0.15) is 35.8 Å². The third-order valence-corrected chi connectivity index (χ3v) is 2.96. The van der Waals surface area contributed by atoms with E-state index >= 15 is 0 Å². The Morgan fingerprint density at radius 3 is 2.89 bits per heavy atom. The Morgan fingerprint density at radius 1 is 1.44 bits per heavy atom. The maximum atomic E-state index is 11.8. The number of carbonyl (C=O) groups excluding carboxylic acids is 1. The first-order valence-electron chi connectivity index (χ1n) is 6.13. The summed E-state index contributed by atoms with van der Waals surface area (Å²) < 4.78 is 0. The molecule has 0 saturated heterocycles. The molecule has 3 nitrogen and oxygen atoms in total. The van der Waals surface area contributed by atoms with Gasteiger partial charge in [-0.15, -0.1) is 6.58 Å². The topological polar surface area (TPSA) is 44.9 Å². The van der Waals surface area contributed by atoms with Gasteiger partial charge < -0.3 is 10.3 Å². The largest absolute Gasteiger partial charge is 0.351 e. The molecule has 0 aliphatic heterocycles. The number of nitrogens with one attached hydrogen (secondary N) is 2. The number of aromatic nitrogens is 1. The van der Waals surface area contributed by atoms with Gasteiger partial charge in [-0.3, -0.25) is 4.79 Å². The van der Waals surface area contributed by atoms with Crippen LogP contribution in [-0.4, -0.2) is 17.4 Å². The third kappa shape index (κ3) is 2.45. The Balaban J connectivity index is 2.32. The van der Waals surface area contributed by atoms with E-state index in [1.54, 1.807) is 6.08 Å². The molecule has 1 aromatic heterocycles. The number of H-pyrrole nitrogens is 1. The molecule has 94 valence electrons. The second-order valence-electron chi connectivity index (χ2n) is 4.68. The maximum absolute atomic E-state index is 11.8. The molecule has 0 bridgehead atoms. The molecule has 0 fully saturated rings. The van der Waals surface area contributed by atoms with Crippen LogP contribution in [0, 0.1) is 0 Å². The van der Waals surface area contributed by atoms with E-state index < -0.39 is 0 Å². The number of aromatic amines is 1. The summed E-state index contributed by atoms with van der Waals surface area (Å²) in [6.07, 6.45) is 1.66. The highest BCUT2D eigenvalue weighted by Crippen LogP contribution is 2.21. The van der Waals surface area contributed by atoms with E-state index in [0.717, 1.165) is 10.9 Å². The number of amides is 1. The summed E-state index contributed by atoms with van der Waals surface area (Å²) in [6.45, 7) is 8.36. The molecule has 0 spiro atoms. The molecular formula is C15H18N2O. The van der Waals surface area contributed by atoms with E-state index in [-0.39, 0.29) is 5.91 Å². The van der Waals surface area contributed by atoms with E-state index in [1.165, 1.54) is 5.56 Å². The lowest BCUT2D eigenvalue weighted by Crippen LogP contribution is -2.23. The van der Waals surface area contributed by atoms with Crippen molar-refractivity contribution in [3.63, 3.8) is 0 Å². The van der Waals surface area contributed by atoms with Crippen LogP contribution in [0.5, 0.6) is 0 Å². The van der Waals surface area contributed by atoms with Crippen molar-refractivity contribution >= 4 is 16.8 Å². The van der Waals surface area contributed by atoms with Gasteiger partial charge in [-0.05, 0) is 23.6 Å². The molecule has 1 heterocycles.